The maximum absolute atomic E-state index is 12.6. The number of aliphatic carboxylic acids is 1. The van der Waals surface area contributed by atoms with Gasteiger partial charge in [0.2, 0.25) is 17.7 Å². The minimum Gasteiger partial charge on any atom is -0.480 e. The molecule has 0 aliphatic heterocycles. The van der Waals surface area contributed by atoms with E-state index in [4.69, 9.17) is 14.6 Å². The third-order valence-electron chi connectivity index (χ3n) is 4.47. The van der Waals surface area contributed by atoms with Crippen LogP contribution in [0.5, 0.6) is 5.75 Å². The summed E-state index contributed by atoms with van der Waals surface area (Å²) in [6, 6.07) is 3.75. The molecule has 0 saturated heterocycles. The van der Waals surface area contributed by atoms with Gasteiger partial charge in [0.05, 0.1) is 18.8 Å². The second kappa shape index (κ2) is 14.6. The smallest absolute Gasteiger partial charge is 0.341 e. The number of hydrogen-bond acceptors (Lipinski definition) is 8. The Morgan fingerprint density at radius 3 is 2.26 bits per heavy atom. The van der Waals surface area contributed by atoms with Crippen molar-refractivity contribution in [1.29, 1.82) is 0 Å². The van der Waals surface area contributed by atoms with Gasteiger partial charge < -0.3 is 35.8 Å². The third-order valence-corrected chi connectivity index (χ3v) is 4.47. The molecular formula is C23H34N4O8. The minimum absolute atomic E-state index is 0.0568. The molecule has 3 amide bonds. The van der Waals surface area contributed by atoms with Crippen LogP contribution >= 0.6 is 0 Å². The van der Waals surface area contributed by atoms with E-state index in [1.807, 2.05) is 13.8 Å². The second-order valence-corrected chi connectivity index (χ2v) is 8.38. The largest absolute Gasteiger partial charge is 0.480 e. The Bertz CT molecular complexity index is 917. The molecule has 1 atom stereocenters. The van der Waals surface area contributed by atoms with Crippen molar-refractivity contribution in [2.45, 2.75) is 53.3 Å². The van der Waals surface area contributed by atoms with Gasteiger partial charge in [0.25, 0.3) is 0 Å². The highest BCUT2D eigenvalue weighted by molar-refractivity contribution is 5.97. The van der Waals surface area contributed by atoms with Crippen LogP contribution in [0, 0.1) is 5.92 Å². The number of carboxylic acid groups (broad SMARTS) is 1. The van der Waals surface area contributed by atoms with E-state index < -0.39 is 42.9 Å². The molecule has 1 aromatic rings. The lowest BCUT2D eigenvalue weighted by atomic mass is 10.0. The number of anilines is 1. The fraction of sp³-hybridized carbons (Fsp3) is 0.522. The van der Waals surface area contributed by atoms with Crippen molar-refractivity contribution in [1.82, 2.24) is 16.0 Å². The molecule has 0 saturated carbocycles. The number of ether oxygens (including phenoxy) is 2. The Balaban J connectivity index is 2.78. The van der Waals surface area contributed by atoms with Crippen LogP contribution in [-0.2, 0) is 35.3 Å². The number of benzene rings is 1. The average molecular weight is 495 g/mol. The zero-order valence-corrected chi connectivity index (χ0v) is 20.6. The van der Waals surface area contributed by atoms with Crippen LogP contribution in [-0.4, -0.2) is 66.5 Å². The number of hydrogen-bond donors (Lipinski definition) is 5. The van der Waals surface area contributed by atoms with E-state index in [-0.39, 0.29) is 42.5 Å². The highest BCUT2D eigenvalue weighted by Gasteiger charge is 2.24. The molecule has 0 aliphatic rings. The van der Waals surface area contributed by atoms with Gasteiger partial charge in [0.1, 0.15) is 18.4 Å². The van der Waals surface area contributed by atoms with Crippen LogP contribution < -0.4 is 26.0 Å². The van der Waals surface area contributed by atoms with Gasteiger partial charge in [-0.25, -0.2) is 4.79 Å². The van der Waals surface area contributed by atoms with Crippen LogP contribution in [0.4, 0.5) is 5.69 Å². The predicted molar refractivity (Wildman–Crippen MR) is 127 cm³/mol. The van der Waals surface area contributed by atoms with Crippen molar-refractivity contribution in [2.24, 2.45) is 5.92 Å². The number of carbonyl (C=O) groups excluding carboxylic acids is 4. The van der Waals surface area contributed by atoms with E-state index in [1.165, 1.54) is 19.1 Å². The van der Waals surface area contributed by atoms with E-state index in [1.54, 1.807) is 19.9 Å². The van der Waals surface area contributed by atoms with E-state index in [0.717, 1.165) is 0 Å². The van der Waals surface area contributed by atoms with Gasteiger partial charge in [0.15, 0.2) is 6.61 Å². The summed E-state index contributed by atoms with van der Waals surface area (Å²) in [7, 11) is 0. The summed E-state index contributed by atoms with van der Waals surface area (Å²) in [5.74, 6) is -3.33. The van der Waals surface area contributed by atoms with Gasteiger partial charge in [0, 0.05) is 13.0 Å². The van der Waals surface area contributed by atoms with Gasteiger partial charge in [-0.3, -0.25) is 19.2 Å². The number of carbonyl (C=O) groups is 5. The fourth-order valence-corrected chi connectivity index (χ4v) is 2.73. The summed E-state index contributed by atoms with van der Waals surface area (Å²) in [5.41, 5.74) is 0.694. The maximum atomic E-state index is 12.6. The first-order valence-electron chi connectivity index (χ1n) is 11.1. The first-order valence-corrected chi connectivity index (χ1v) is 11.1. The number of esters is 1. The summed E-state index contributed by atoms with van der Waals surface area (Å²) in [6.07, 6.45) is 0. The maximum Gasteiger partial charge on any atom is 0.341 e. The molecule has 35 heavy (non-hydrogen) atoms. The monoisotopic (exact) mass is 494 g/mol. The molecule has 0 heterocycles. The summed E-state index contributed by atoms with van der Waals surface area (Å²) < 4.78 is 10.1. The molecule has 0 bridgehead atoms. The highest BCUT2D eigenvalue weighted by Crippen LogP contribution is 2.26. The van der Waals surface area contributed by atoms with Gasteiger partial charge in [-0.1, -0.05) is 33.8 Å². The second-order valence-electron chi connectivity index (χ2n) is 8.38. The number of amides is 3. The van der Waals surface area contributed by atoms with Gasteiger partial charge in [-0.2, -0.15) is 0 Å². The first-order chi connectivity index (χ1) is 16.4. The first kappa shape index (κ1) is 29.4. The summed E-state index contributed by atoms with van der Waals surface area (Å²) in [4.78, 5) is 59.0. The zero-order valence-electron chi connectivity index (χ0n) is 20.6. The number of nitrogens with one attached hydrogen (secondary N) is 4. The lowest BCUT2D eigenvalue weighted by Gasteiger charge is -2.22. The van der Waals surface area contributed by atoms with E-state index in [0.29, 0.717) is 5.56 Å². The Labute approximate surface area is 204 Å². The number of carboxylic acids is 1. The van der Waals surface area contributed by atoms with Crippen molar-refractivity contribution in [2.75, 3.05) is 25.0 Å². The Kier molecular flexibility index (Phi) is 12.2. The molecule has 0 spiro atoms. The Morgan fingerprint density at radius 2 is 1.69 bits per heavy atom. The van der Waals surface area contributed by atoms with Gasteiger partial charge in [-0.05, 0) is 23.6 Å². The van der Waals surface area contributed by atoms with E-state index in [9.17, 15) is 24.0 Å². The highest BCUT2D eigenvalue weighted by atomic mass is 16.5. The number of rotatable bonds is 14. The molecule has 1 unspecified atom stereocenters. The normalized spacial score (nSPS) is 11.5. The molecule has 0 fully saturated rings. The Hall–Kier alpha value is -3.67. The topological polar surface area (TPSA) is 172 Å². The summed E-state index contributed by atoms with van der Waals surface area (Å²) >= 11 is 0. The van der Waals surface area contributed by atoms with Crippen LogP contribution in [0.15, 0.2) is 18.2 Å². The van der Waals surface area contributed by atoms with Gasteiger partial charge in [-0.15, -0.1) is 0 Å². The lowest BCUT2D eigenvalue weighted by molar-refractivity contribution is -0.142. The van der Waals surface area contributed by atoms with Crippen LogP contribution in [0.25, 0.3) is 0 Å². The van der Waals surface area contributed by atoms with Crippen molar-refractivity contribution in [3.8, 4) is 5.75 Å². The third kappa shape index (κ3) is 11.8. The average Bonchev–Trinajstić information content (AvgIpc) is 2.77. The van der Waals surface area contributed by atoms with Crippen LogP contribution in [0.3, 0.4) is 0 Å². The van der Waals surface area contributed by atoms with Crippen LogP contribution in [0.2, 0.25) is 0 Å². The quantitative estimate of drug-likeness (QED) is 0.230. The standard InChI is InChI=1S/C23H34N4O8/c1-13(2)22(27-20(30)9-24-14(3)4)23(33)25-10-19(29)26-17-7-6-16(11-34-15(5)28)8-18(17)35-12-21(31)32/h6-8,13-14,22,24H,9-12H2,1-5H3,(H,25,33)(H,26,29)(H,27,30)(H,31,32). The van der Waals surface area contributed by atoms with Crippen molar-refractivity contribution in [3.05, 3.63) is 23.8 Å². The molecule has 194 valence electrons. The minimum atomic E-state index is -1.22. The van der Waals surface area contributed by atoms with Crippen molar-refractivity contribution in [3.63, 3.8) is 0 Å². The predicted octanol–water partition coefficient (Wildman–Crippen LogP) is 0.407. The molecule has 1 aromatic carbocycles. The molecule has 5 N–H and O–H groups in total. The molecular weight excluding hydrogens is 460 g/mol. The zero-order chi connectivity index (χ0) is 26.5. The summed E-state index contributed by atoms with van der Waals surface area (Å²) in [6.45, 7) is 7.53. The summed E-state index contributed by atoms with van der Waals surface area (Å²) in [5, 5.41) is 19.5. The molecule has 0 radical (unpaired) electrons. The molecule has 0 aliphatic carbocycles. The molecule has 0 aromatic heterocycles. The Morgan fingerprint density at radius 1 is 1.00 bits per heavy atom. The lowest BCUT2D eigenvalue weighted by Crippen LogP contribution is -2.52. The molecule has 1 rings (SSSR count). The van der Waals surface area contributed by atoms with Crippen molar-refractivity contribution < 1.29 is 38.6 Å². The van der Waals surface area contributed by atoms with Crippen molar-refractivity contribution >= 4 is 35.3 Å². The van der Waals surface area contributed by atoms with Crippen LogP contribution in [0.1, 0.15) is 40.2 Å². The molecule has 12 heteroatoms. The fourth-order valence-electron chi connectivity index (χ4n) is 2.73. The van der Waals surface area contributed by atoms with E-state index >= 15 is 0 Å². The van der Waals surface area contributed by atoms with E-state index in [2.05, 4.69) is 21.3 Å². The molecule has 12 nitrogen and oxygen atoms in total. The SMILES string of the molecule is CC(=O)OCc1ccc(NC(=O)CNC(=O)C(NC(=O)CNC(C)C)C(C)C)c(OCC(=O)O)c1. The van der Waals surface area contributed by atoms with Gasteiger partial charge >= 0.3 is 11.9 Å².